The number of halogens is 1. The molecule has 0 saturated carbocycles. The Labute approximate surface area is 99.3 Å². The fraction of sp³-hybridized carbons (Fsp3) is 0.154. The first kappa shape index (κ1) is 11.5. The van der Waals surface area contributed by atoms with E-state index in [4.69, 9.17) is 4.74 Å². The van der Waals surface area contributed by atoms with Crippen LogP contribution in [0.15, 0.2) is 42.6 Å². The van der Waals surface area contributed by atoms with Crippen LogP contribution in [0.5, 0.6) is 11.6 Å². The van der Waals surface area contributed by atoms with Gasteiger partial charge in [0.25, 0.3) is 5.88 Å². The van der Waals surface area contributed by atoms with Gasteiger partial charge in [-0.3, -0.25) is 0 Å². The van der Waals surface area contributed by atoms with Crippen LogP contribution in [-0.4, -0.2) is 12.0 Å². The van der Waals surface area contributed by atoms with Crippen LogP contribution in [0.2, 0.25) is 0 Å². The van der Waals surface area contributed by atoms with Gasteiger partial charge in [0.15, 0.2) is 5.82 Å². The van der Waals surface area contributed by atoms with Crippen molar-refractivity contribution in [1.29, 1.82) is 0 Å². The number of nitrogens with one attached hydrogen (secondary N) is 1. The van der Waals surface area contributed by atoms with Crippen molar-refractivity contribution in [2.45, 2.75) is 6.54 Å². The summed E-state index contributed by atoms with van der Waals surface area (Å²) in [6, 6.07) is 10.3. The Kier molecular flexibility index (Phi) is 3.67. The molecule has 2 aromatic rings. The van der Waals surface area contributed by atoms with Crippen LogP contribution in [0.3, 0.4) is 0 Å². The Hall–Kier alpha value is -1.94. The van der Waals surface area contributed by atoms with Gasteiger partial charge in [-0.05, 0) is 25.2 Å². The second-order valence-corrected chi connectivity index (χ2v) is 3.53. The lowest BCUT2D eigenvalue weighted by Gasteiger charge is -2.10. The van der Waals surface area contributed by atoms with Crippen LogP contribution in [-0.2, 0) is 6.54 Å². The zero-order valence-corrected chi connectivity index (χ0v) is 9.48. The van der Waals surface area contributed by atoms with Gasteiger partial charge in [0, 0.05) is 18.3 Å². The first-order valence-electron chi connectivity index (χ1n) is 5.32. The molecule has 0 saturated heterocycles. The summed E-state index contributed by atoms with van der Waals surface area (Å²) in [6.45, 7) is 0.657. The quantitative estimate of drug-likeness (QED) is 0.880. The van der Waals surface area contributed by atoms with Crippen molar-refractivity contribution < 1.29 is 9.13 Å². The number of nitrogens with zero attached hydrogens (tertiary/aromatic N) is 1. The second kappa shape index (κ2) is 5.41. The molecular weight excluding hydrogens is 219 g/mol. The maximum absolute atomic E-state index is 13.4. The molecule has 0 atom stereocenters. The maximum Gasteiger partial charge on any atom is 0.255 e. The van der Waals surface area contributed by atoms with Crippen molar-refractivity contribution >= 4 is 0 Å². The van der Waals surface area contributed by atoms with Crippen molar-refractivity contribution in [2.75, 3.05) is 7.05 Å². The van der Waals surface area contributed by atoms with Gasteiger partial charge in [-0.2, -0.15) is 0 Å². The van der Waals surface area contributed by atoms with Gasteiger partial charge in [0.05, 0.1) is 0 Å². The summed E-state index contributed by atoms with van der Waals surface area (Å²) in [7, 11) is 1.85. The molecule has 0 fully saturated rings. The van der Waals surface area contributed by atoms with Gasteiger partial charge in [0.1, 0.15) is 5.75 Å². The number of para-hydroxylation sites is 1. The van der Waals surface area contributed by atoms with E-state index >= 15 is 0 Å². The van der Waals surface area contributed by atoms with Gasteiger partial charge in [0.2, 0.25) is 0 Å². The normalized spacial score (nSPS) is 10.2. The number of pyridine rings is 1. The molecule has 4 heteroatoms. The van der Waals surface area contributed by atoms with E-state index in [9.17, 15) is 4.39 Å². The van der Waals surface area contributed by atoms with Crippen LogP contribution in [0.25, 0.3) is 0 Å². The second-order valence-electron chi connectivity index (χ2n) is 3.53. The Morgan fingerprint density at radius 3 is 2.82 bits per heavy atom. The molecule has 1 N–H and O–H groups in total. The number of rotatable bonds is 4. The molecule has 17 heavy (non-hydrogen) atoms. The summed E-state index contributed by atoms with van der Waals surface area (Å²) in [4.78, 5) is 3.86. The Morgan fingerprint density at radius 2 is 2.06 bits per heavy atom. The third-order valence-electron chi connectivity index (χ3n) is 2.27. The van der Waals surface area contributed by atoms with E-state index in [-0.39, 0.29) is 5.88 Å². The molecule has 0 spiro atoms. The van der Waals surface area contributed by atoms with Crippen molar-refractivity contribution in [3.05, 3.63) is 54.0 Å². The molecule has 1 aromatic heterocycles. The number of hydrogen-bond donors (Lipinski definition) is 1. The highest BCUT2D eigenvalue weighted by atomic mass is 19.1. The molecule has 3 nitrogen and oxygen atoms in total. The average Bonchev–Trinajstić information content (AvgIpc) is 2.35. The van der Waals surface area contributed by atoms with Crippen LogP contribution < -0.4 is 10.1 Å². The van der Waals surface area contributed by atoms with Crippen LogP contribution in [0.1, 0.15) is 5.56 Å². The molecule has 0 aliphatic carbocycles. The fourth-order valence-corrected chi connectivity index (χ4v) is 1.49. The largest absolute Gasteiger partial charge is 0.436 e. The lowest BCUT2D eigenvalue weighted by Crippen LogP contribution is -2.06. The zero-order valence-electron chi connectivity index (χ0n) is 9.48. The number of benzene rings is 1. The lowest BCUT2D eigenvalue weighted by atomic mass is 10.2. The standard InChI is InChI=1S/C13H13FN2O/c1-15-9-10-5-2-3-7-12(10)17-13-11(14)6-4-8-16-13/h2-8,15H,9H2,1H3. The fourth-order valence-electron chi connectivity index (χ4n) is 1.49. The van der Waals surface area contributed by atoms with E-state index in [1.54, 1.807) is 6.07 Å². The Morgan fingerprint density at radius 1 is 1.24 bits per heavy atom. The molecule has 0 aliphatic heterocycles. The van der Waals surface area contributed by atoms with Crippen LogP contribution in [0.4, 0.5) is 4.39 Å². The smallest absolute Gasteiger partial charge is 0.255 e. The molecule has 0 aliphatic rings. The van der Waals surface area contributed by atoms with E-state index in [2.05, 4.69) is 10.3 Å². The Bertz CT molecular complexity index is 502. The van der Waals surface area contributed by atoms with E-state index in [0.29, 0.717) is 12.3 Å². The zero-order chi connectivity index (χ0) is 12.1. The predicted octanol–water partition coefficient (Wildman–Crippen LogP) is 2.73. The van der Waals surface area contributed by atoms with Crippen molar-refractivity contribution in [3.63, 3.8) is 0 Å². The molecule has 0 unspecified atom stereocenters. The summed E-state index contributed by atoms with van der Waals surface area (Å²) in [5, 5.41) is 3.03. The van der Waals surface area contributed by atoms with E-state index in [1.165, 1.54) is 18.3 Å². The van der Waals surface area contributed by atoms with E-state index in [0.717, 1.165) is 5.56 Å². The first-order chi connectivity index (χ1) is 8.31. The van der Waals surface area contributed by atoms with Gasteiger partial charge in [-0.15, -0.1) is 0 Å². The van der Waals surface area contributed by atoms with Gasteiger partial charge >= 0.3 is 0 Å². The molecular formula is C13H13FN2O. The molecule has 1 aromatic carbocycles. The summed E-state index contributed by atoms with van der Waals surface area (Å²) in [6.07, 6.45) is 1.50. The summed E-state index contributed by atoms with van der Waals surface area (Å²) in [5.74, 6) is 0.141. The van der Waals surface area contributed by atoms with Crippen LogP contribution in [0, 0.1) is 5.82 Å². The molecule has 2 rings (SSSR count). The third kappa shape index (κ3) is 2.79. The van der Waals surface area contributed by atoms with Crippen molar-refractivity contribution in [1.82, 2.24) is 10.3 Å². The minimum atomic E-state index is -0.466. The van der Waals surface area contributed by atoms with Gasteiger partial charge in [-0.1, -0.05) is 18.2 Å². The third-order valence-corrected chi connectivity index (χ3v) is 2.27. The number of aromatic nitrogens is 1. The maximum atomic E-state index is 13.4. The summed E-state index contributed by atoms with van der Waals surface area (Å²) < 4.78 is 18.9. The molecule has 0 radical (unpaired) electrons. The minimum Gasteiger partial charge on any atom is -0.436 e. The summed E-state index contributed by atoms with van der Waals surface area (Å²) >= 11 is 0. The van der Waals surface area contributed by atoms with Gasteiger partial charge in [-0.25, -0.2) is 9.37 Å². The average molecular weight is 232 g/mol. The van der Waals surface area contributed by atoms with Crippen molar-refractivity contribution in [2.24, 2.45) is 0 Å². The summed E-state index contributed by atoms with van der Waals surface area (Å²) in [5.41, 5.74) is 0.958. The van der Waals surface area contributed by atoms with Crippen molar-refractivity contribution in [3.8, 4) is 11.6 Å². The molecule has 88 valence electrons. The Balaban J connectivity index is 2.27. The number of ether oxygens (including phenoxy) is 1. The van der Waals surface area contributed by atoms with E-state index < -0.39 is 5.82 Å². The highest BCUT2D eigenvalue weighted by Gasteiger charge is 2.08. The number of hydrogen-bond acceptors (Lipinski definition) is 3. The topological polar surface area (TPSA) is 34.1 Å². The molecule has 0 amide bonds. The van der Waals surface area contributed by atoms with E-state index in [1.807, 2.05) is 25.2 Å². The monoisotopic (exact) mass is 232 g/mol. The first-order valence-corrected chi connectivity index (χ1v) is 5.32. The van der Waals surface area contributed by atoms with Crippen LogP contribution >= 0.6 is 0 Å². The minimum absolute atomic E-state index is 0.00365. The highest BCUT2D eigenvalue weighted by molar-refractivity contribution is 5.36. The van der Waals surface area contributed by atoms with Gasteiger partial charge < -0.3 is 10.1 Å². The SMILES string of the molecule is CNCc1ccccc1Oc1ncccc1F. The molecule has 1 heterocycles. The highest BCUT2D eigenvalue weighted by Crippen LogP contribution is 2.25. The molecule has 0 bridgehead atoms. The lowest BCUT2D eigenvalue weighted by molar-refractivity contribution is 0.417. The predicted molar refractivity (Wildman–Crippen MR) is 63.5 cm³/mol.